The van der Waals surface area contributed by atoms with E-state index in [1.54, 1.807) is 40.4 Å². The zero-order chi connectivity index (χ0) is 20.9. The normalized spacial score (nSPS) is 14.0. The molecule has 2 amide bonds. The Bertz CT molecular complexity index is 1050. The Kier molecular flexibility index (Phi) is 6.09. The number of hydrogen-bond donors (Lipinski definition) is 0. The van der Waals surface area contributed by atoms with Gasteiger partial charge in [-0.05, 0) is 36.4 Å². The number of ether oxygens (including phenoxy) is 1. The highest BCUT2D eigenvalue weighted by atomic mass is 35.5. The lowest BCUT2D eigenvalue weighted by molar-refractivity contribution is -0.140. The maximum Gasteiger partial charge on any atom is 0.260 e. The fraction of sp³-hybridized carbons (Fsp3) is 0.273. The molecule has 30 heavy (non-hydrogen) atoms. The minimum absolute atomic E-state index is 0.0238. The molecule has 0 aliphatic carbocycles. The molecular weight excluding hydrogens is 404 g/mol. The highest BCUT2D eigenvalue weighted by Crippen LogP contribution is 2.29. The maximum atomic E-state index is 12.6. The van der Waals surface area contributed by atoms with Crippen molar-refractivity contribution < 1.29 is 14.3 Å². The Labute approximate surface area is 179 Å². The number of hydrogen-bond acceptors (Lipinski definition) is 5. The van der Waals surface area contributed by atoms with Gasteiger partial charge in [-0.25, -0.2) is 0 Å². The van der Waals surface area contributed by atoms with Gasteiger partial charge < -0.3 is 14.5 Å². The van der Waals surface area contributed by atoms with Gasteiger partial charge in [-0.3, -0.25) is 19.6 Å². The van der Waals surface area contributed by atoms with Gasteiger partial charge in [-0.15, -0.1) is 0 Å². The number of carbonyl (C=O) groups is 2. The first kappa shape index (κ1) is 20.1. The second-order valence-electron chi connectivity index (χ2n) is 6.99. The van der Waals surface area contributed by atoms with E-state index in [2.05, 4.69) is 9.97 Å². The molecule has 7 nitrogen and oxygen atoms in total. The van der Waals surface area contributed by atoms with E-state index in [9.17, 15) is 9.59 Å². The Morgan fingerprint density at radius 3 is 2.37 bits per heavy atom. The summed E-state index contributed by atoms with van der Waals surface area (Å²) in [6.07, 6.45) is 3.61. The van der Waals surface area contributed by atoms with Crippen LogP contribution in [0.25, 0.3) is 10.9 Å². The van der Waals surface area contributed by atoms with Gasteiger partial charge in [0.25, 0.3) is 5.91 Å². The zero-order valence-corrected chi connectivity index (χ0v) is 17.1. The third-order valence-electron chi connectivity index (χ3n) is 5.07. The molecule has 0 N–H and O–H groups in total. The smallest absolute Gasteiger partial charge is 0.260 e. The van der Waals surface area contributed by atoms with Crippen molar-refractivity contribution in [1.29, 1.82) is 0 Å². The van der Waals surface area contributed by atoms with Crippen molar-refractivity contribution in [3.63, 3.8) is 0 Å². The molecule has 1 saturated heterocycles. The minimum atomic E-state index is -0.120. The van der Waals surface area contributed by atoms with Crippen LogP contribution in [0.15, 0.2) is 54.9 Å². The number of rotatable bonds is 5. The molecule has 1 aliphatic heterocycles. The Balaban J connectivity index is 1.30. The van der Waals surface area contributed by atoms with Crippen LogP contribution in [0.4, 0.5) is 0 Å². The quantitative estimate of drug-likeness (QED) is 0.629. The molecule has 0 saturated carbocycles. The molecule has 0 radical (unpaired) electrons. The van der Waals surface area contributed by atoms with Crippen LogP contribution in [-0.4, -0.2) is 64.4 Å². The fourth-order valence-corrected chi connectivity index (χ4v) is 3.65. The number of carbonyl (C=O) groups excluding carboxylic acids is 2. The predicted octanol–water partition coefficient (Wildman–Crippen LogP) is 2.58. The average Bonchev–Trinajstić information content (AvgIpc) is 2.79. The van der Waals surface area contributed by atoms with Crippen LogP contribution in [0, 0.1) is 0 Å². The number of aromatic nitrogens is 2. The zero-order valence-electron chi connectivity index (χ0n) is 16.3. The van der Waals surface area contributed by atoms with E-state index < -0.39 is 0 Å². The van der Waals surface area contributed by atoms with Crippen LogP contribution in [0.1, 0.15) is 5.69 Å². The standard InChI is InChI=1S/C22H21ClN4O3/c23-18-6-7-19(22-17(18)5-3-9-25-22)30-15-21(29)27-12-10-26(11-13-27)20(28)14-16-4-1-2-8-24-16/h1-9H,10-15H2. The summed E-state index contributed by atoms with van der Waals surface area (Å²) in [6.45, 7) is 1.88. The van der Waals surface area contributed by atoms with Gasteiger partial charge in [0, 0.05) is 49.7 Å². The van der Waals surface area contributed by atoms with E-state index in [-0.39, 0.29) is 24.8 Å². The molecule has 8 heteroatoms. The summed E-state index contributed by atoms with van der Waals surface area (Å²) in [5.41, 5.74) is 1.38. The average molecular weight is 425 g/mol. The summed E-state index contributed by atoms with van der Waals surface area (Å²) in [7, 11) is 0. The Morgan fingerprint density at radius 2 is 1.63 bits per heavy atom. The maximum absolute atomic E-state index is 12.6. The number of benzene rings is 1. The molecule has 1 aromatic carbocycles. The number of fused-ring (bicyclic) bond motifs is 1. The molecule has 0 bridgehead atoms. The van der Waals surface area contributed by atoms with E-state index in [1.165, 1.54) is 0 Å². The Hall–Kier alpha value is -3.19. The van der Waals surface area contributed by atoms with Crippen LogP contribution in [-0.2, 0) is 16.0 Å². The molecule has 154 valence electrons. The van der Waals surface area contributed by atoms with Gasteiger partial charge >= 0.3 is 0 Å². The van der Waals surface area contributed by atoms with Gasteiger partial charge in [0.1, 0.15) is 11.3 Å². The highest BCUT2D eigenvalue weighted by Gasteiger charge is 2.24. The van der Waals surface area contributed by atoms with Gasteiger partial charge in [0.2, 0.25) is 5.91 Å². The number of nitrogens with zero attached hydrogens (tertiary/aromatic N) is 4. The number of amides is 2. The summed E-state index contributed by atoms with van der Waals surface area (Å²) in [5, 5.41) is 1.37. The molecule has 0 spiro atoms. The molecule has 3 aromatic rings. The van der Waals surface area contributed by atoms with E-state index in [0.717, 1.165) is 11.1 Å². The lowest BCUT2D eigenvalue weighted by Crippen LogP contribution is -2.52. The molecular formula is C22H21ClN4O3. The molecule has 2 aromatic heterocycles. The fourth-order valence-electron chi connectivity index (χ4n) is 3.43. The molecule has 1 fully saturated rings. The summed E-state index contributed by atoms with van der Waals surface area (Å²) in [6, 6.07) is 12.6. The van der Waals surface area contributed by atoms with Crippen molar-refractivity contribution in [2.24, 2.45) is 0 Å². The van der Waals surface area contributed by atoms with Crippen molar-refractivity contribution in [3.05, 3.63) is 65.6 Å². The second-order valence-corrected chi connectivity index (χ2v) is 7.40. The van der Waals surface area contributed by atoms with E-state index in [0.29, 0.717) is 42.5 Å². The summed E-state index contributed by atoms with van der Waals surface area (Å²) >= 11 is 6.20. The number of pyridine rings is 2. The van der Waals surface area contributed by atoms with Crippen molar-refractivity contribution in [2.45, 2.75) is 6.42 Å². The van der Waals surface area contributed by atoms with E-state index in [4.69, 9.17) is 16.3 Å². The molecule has 0 unspecified atom stereocenters. The predicted molar refractivity (Wildman–Crippen MR) is 113 cm³/mol. The minimum Gasteiger partial charge on any atom is -0.481 e. The first-order valence-electron chi connectivity index (χ1n) is 9.73. The molecule has 0 atom stereocenters. The summed E-state index contributed by atoms with van der Waals surface area (Å²) in [5.74, 6) is 0.425. The first-order valence-corrected chi connectivity index (χ1v) is 10.1. The SMILES string of the molecule is O=C(COc1ccc(Cl)c2cccnc12)N1CCN(C(=O)Cc2ccccn2)CC1. The summed E-state index contributed by atoms with van der Waals surface area (Å²) in [4.78, 5) is 37.0. The lowest BCUT2D eigenvalue weighted by Gasteiger charge is -2.34. The van der Waals surface area contributed by atoms with E-state index >= 15 is 0 Å². The highest BCUT2D eigenvalue weighted by molar-refractivity contribution is 6.35. The Morgan fingerprint density at radius 1 is 0.900 bits per heavy atom. The van der Waals surface area contributed by atoms with Crippen LogP contribution in [0.3, 0.4) is 0 Å². The van der Waals surface area contributed by atoms with Gasteiger partial charge in [0.15, 0.2) is 6.61 Å². The van der Waals surface area contributed by atoms with Crippen molar-refractivity contribution in [3.8, 4) is 5.75 Å². The van der Waals surface area contributed by atoms with Crippen LogP contribution in [0.2, 0.25) is 5.02 Å². The molecule has 4 rings (SSSR count). The largest absolute Gasteiger partial charge is 0.481 e. The van der Waals surface area contributed by atoms with Crippen molar-refractivity contribution >= 4 is 34.3 Å². The van der Waals surface area contributed by atoms with Gasteiger partial charge in [0.05, 0.1) is 11.4 Å². The topological polar surface area (TPSA) is 75.6 Å². The molecule has 3 heterocycles. The van der Waals surface area contributed by atoms with Gasteiger partial charge in [-0.1, -0.05) is 17.7 Å². The van der Waals surface area contributed by atoms with E-state index in [1.807, 2.05) is 24.3 Å². The van der Waals surface area contributed by atoms with Crippen LogP contribution < -0.4 is 4.74 Å². The van der Waals surface area contributed by atoms with Crippen LogP contribution >= 0.6 is 11.6 Å². The lowest BCUT2D eigenvalue weighted by atomic mass is 10.2. The first-order chi connectivity index (χ1) is 14.6. The van der Waals surface area contributed by atoms with Crippen molar-refractivity contribution in [1.82, 2.24) is 19.8 Å². The van der Waals surface area contributed by atoms with Crippen LogP contribution in [0.5, 0.6) is 5.75 Å². The summed E-state index contributed by atoms with van der Waals surface area (Å²) < 4.78 is 5.74. The monoisotopic (exact) mass is 424 g/mol. The van der Waals surface area contributed by atoms with Gasteiger partial charge in [-0.2, -0.15) is 0 Å². The number of halogens is 1. The van der Waals surface area contributed by atoms with Crippen molar-refractivity contribution in [2.75, 3.05) is 32.8 Å². The second kappa shape index (κ2) is 9.09. The number of piperazine rings is 1. The molecule has 1 aliphatic rings. The third kappa shape index (κ3) is 4.52. The third-order valence-corrected chi connectivity index (χ3v) is 5.40.